The zero-order valence-corrected chi connectivity index (χ0v) is 17.4. The Kier molecular flexibility index (Phi) is 5.06. The third-order valence-electron chi connectivity index (χ3n) is 6.41. The molecule has 0 bridgehead atoms. The van der Waals surface area contributed by atoms with Crippen molar-refractivity contribution in [3.8, 4) is 5.75 Å². The fourth-order valence-electron chi connectivity index (χ4n) is 4.70. The summed E-state index contributed by atoms with van der Waals surface area (Å²) >= 11 is 0. The van der Waals surface area contributed by atoms with Crippen molar-refractivity contribution in [2.45, 2.75) is 11.8 Å². The van der Waals surface area contributed by atoms with Crippen LogP contribution in [-0.4, -0.2) is 33.4 Å². The highest BCUT2D eigenvalue weighted by Crippen LogP contribution is 2.42. The van der Waals surface area contributed by atoms with Gasteiger partial charge in [0.15, 0.2) is 0 Å². The predicted octanol–water partition coefficient (Wildman–Crippen LogP) is 5.09. The second-order valence-corrected chi connectivity index (χ2v) is 8.06. The average molecular weight is 398 g/mol. The third-order valence-corrected chi connectivity index (χ3v) is 6.41. The lowest BCUT2D eigenvalue weighted by atomic mass is 9.67. The number of fused-ring (bicyclic) bond motifs is 1. The van der Waals surface area contributed by atoms with Crippen LogP contribution in [-0.2, 0) is 16.6 Å². The molecule has 1 unspecified atom stereocenters. The number of methoxy groups -OCH3 is 1. The van der Waals surface area contributed by atoms with Gasteiger partial charge in [0.1, 0.15) is 5.75 Å². The summed E-state index contributed by atoms with van der Waals surface area (Å²) in [5, 5.41) is 0. The van der Waals surface area contributed by atoms with Crippen LogP contribution in [0.3, 0.4) is 0 Å². The van der Waals surface area contributed by atoms with Gasteiger partial charge in [-0.25, -0.2) is 0 Å². The number of ether oxygens (including phenoxy) is 2. The first-order valence-electron chi connectivity index (χ1n) is 10.6. The van der Waals surface area contributed by atoms with Crippen LogP contribution in [0.25, 0.3) is 6.08 Å². The number of hydrogen-bond donors (Lipinski definition) is 0. The second kappa shape index (κ2) is 8.00. The summed E-state index contributed by atoms with van der Waals surface area (Å²) in [7, 11) is 1.71. The standard InChI is InChI=1S/C27H27NO2/c1-29-26-11-8-24(9-12-26)27(23-5-3-2-4-6-23)14-13-21-7-10-25(19-22(21)20-27)28-15-17-30-18-16-28/h2-14,19H,15-18,20H2,1H3. The van der Waals surface area contributed by atoms with Gasteiger partial charge in [0.2, 0.25) is 0 Å². The van der Waals surface area contributed by atoms with Gasteiger partial charge >= 0.3 is 0 Å². The Morgan fingerprint density at radius 2 is 1.60 bits per heavy atom. The van der Waals surface area contributed by atoms with E-state index in [0.717, 1.165) is 38.5 Å². The molecule has 2 aliphatic rings. The molecule has 30 heavy (non-hydrogen) atoms. The van der Waals surface area contributed by atoms with Gasteiger partial charge in [-0.15, -0.1) is 0 Å². The lowest BCUT2D eigenvalue weighted by molar-refractivity contribution is 0.122. The van der Waals surface area contributed by atoms with Crippen molar-refractivity contribution in [2.75, 3.05) is 38.3 Å². The maximum absolute atomic E-state index is 5.54. The van der Waals surface area contributed by atoms with Gasteiger partial charge in [-0.2, -0.15) is 0 Å². The highest BCUT2D eigenvalue weighted by atomic mass is 16.5. The van der Waals surface area contributed by atoms with Gasteiger partial charge in [-0.05, 0) is 52.9 Å². The summed E-state index contributed by atoms with van der Waals surface area (Å²) in [6.07, 6.45) is 5.60. The van der Waals surface area contributed by atoms with Crippen molar-refractivity contribution in [2.24, 2.45) is 0 Å². The van der Waals surface area contributed by atoms with Crippen molar-refractivity contribution in [1.29, 1.82) is 0 Å². The summed E-state index contributed by atoms with van der Waals surface area (Å²) in [6.45, 7) is 3.52. The molecular formula is C27H27NO2. The van der Waals surface area contributed by atoms with Crippen LogP contribution in [0, 0.1) is 0 Å². The molecule has 0 spiro atoms. The van der Waals surface area contributed by atoms with Crippen LogP contribution >= 0.6 is 0 Å². The SMILES string of the molecule is COc1ccc(C2(c3ccccc3)C=Cc3ccc(N4CCOCC4)cc3C2)cc1. The quantitative estimate of drug-likeness (QED) is 0.612. The molecule has 1 atom stereocenters. The molecule has 5 rings (SSSR count). The summed E-state index contributed by atoms with van der Waals surface area (Å²) in [4.78, 5) is 2.43. The van der Waals surface area contributed by atoms with E-state index in [4.69, 9.17) is 9.47 Å². The zero-order valence-electron chi connectivity index (χ0n) is 17.4. The van der Waals surface area contributed by atoms with Crippen LogP contribution in [0.4, 0.5) is 5.69 Å². The Morgan fingerprint density at radius 1 is 0.867 bits per heavy atom. The molecule has 152 valence electrons. The highest BCUT2D eigenvalue weighted by Gasteiger charge is 2.35. The fraction of sp³-hybridized carbons (Fsp3) is 0.259. The highest BCUT2D eigenvalue weighted by molar-refractivity contribution is 5.67. The van der Waals surface area contributed by atoms with E-state index >= 15 is 0 Å². The largest absolute Gasteiger partial charge is 0.497 e. The van der Waals surface area contributed by atoms with Gasteiger partial charge in [0.05, 0.1) is 20.3 Å². The second-order valence-electron chi connectivity index (χ2n) is 8.06. The molecule has 3 aromatic rings. The Balaban J connectivity index is 1.58. The summed E-state index contributed by atoms with van der Waals surface area (Å²) in [5.41, 5.74) is 6.41. The Hall–Kier alpha value is -3.04. The van der Waals surface area contributed by atoms with E-state index in [2.05, 4.69) is 89.8 Å². The number of morpholine rings is 1. The van der Waals surface area contributed by atoms with E-state index < -0.39 is 0 Å². The zero-order chi connectivity index (χ0) is 20.4. The third kappa shape index (κ3) is 3.40. The first-order chi connectivity index (χ1) is 14.8. The van der Waals surface area contributed by atoms with Crippen molar-refractivity contribution in [3.05, 3.63) is 101 Å². The average Bonchev–Trinajstić information content (AvgIpc) is 2.84. The number of rotatable bonds is 4. The van der Waals surface area contributed by atoms with Crippen LogP contribution in [0.5, 0.6) is 5.75 Å². The Morgan fingerprint density at radius 3 is 2.33 bits per heavy atom. The van der Waals surface area contributed by atoms with Crippen LogP contribution < -0.4 is 9.64 Å². The molecule has 1 aliphatic heterocycles. The fourth-order valence-corrected chi connectivity index (χ4v) is 4.70. The van der Waals surface area contributed by atoms with Crippen LogP contribution in [0.15, 0.2) is 78.9 Å². The molecule has 3 nitrogen and oxygen atoms in total. The van der Waals surface area contributed by atoms with Crippen molar-refractivity contribution in [1.82, 2.24) is 0 Å². The van der Waals surface area contributed by atoms with E-state index in [-0.39, 0.29) is 5.41 Å². The van der Waals surface area contributed by atoms with Crippen LogP contribution in [0.1, 0.15) is 22.3 Å². The number of nitrogens with zero attached hydrogens (tertiary/aromatic N) is 1. The van der Waals surface area contributed by atoms with Crippen molar-refractivity contribution in [3.63, 3.8) is 0 Å². The number of hydrogen-bond acceptors (Lipinski definition) is 3. The molecule has 0 saturated carbocycles. The molecule has 1 saturated heterocycles. The van der Waals surface area contributed by atoms with E-state index in [0.29, 0.717) is 0 Å². The molecule has 0 radical (unpaired) electrons. The molecule has 3 aromatic carbocycles. The smallest absolute Gasteiger partial charge is 0.118 e. The van der Waals surface area contributed by atoms with Gasteiger partial charge in [-0.3, -0.25) is 0 Å². The minimum Gasteiger partial charge on any atom is -0.497 e. The minimum atomic E-state index is -0.190. The minimum absolute atomic E-state index is 0.190. The molecule has 1 fully saturated rings. The first-order valence-corrected chi connectivity index (χ1v) is 10.6. The molecule has 0 N–H and O–H groups in total. The lowest BCUT2D eigenvalue weighted by Gasteiger charge is -2.36. The number of allylic oxidation sites excluding steroid dienone is 1. The molecule has 3 heteroatoms. The Labute approximate surface area is 178 Å². The maximum Gasteiger partial charge on any atom is 0.118 e. The van der Waals surface area contributed by atoms with Gasteiger partial charge in [0, 0.05) is 24.2 Å². The Bertz CT molecular complexity index is 1040. The topological polar surface area (TPSA) is 21.7 Å². The normalized spacial score (nSPS) is 20.6. The molecule has 0 aromatic heterocycles. The van der Waals surface area contributed by atoms with E-state index in [1.54, 1.807) is 7.11 Å². The molecule has 0 amide bonds. The molecule has 1 aliphatic carbocycles. The summed E-state index contributed by atoms with van der Waals surface area (Å²) in [5.74, 6) is 0.886. The van der Waals surface area contributed by atoms with Crippen molar-refractivity contribution >= 4 is 11.8 Å². The van der Waals surface area contributed by atoms with Crippen LogP contribution in [0.2, 0.25) is 0 Å². The van der Waals surface area contributed by atoms with Gasteiger partial charge in [-0.1, -0.05) is 60.7 Å². The number of benzene rings is 3. The predicted molar refractivity (Wildman–Crippen MR) is 122 cm³/mol. The van der Waals surface area contributed by atoms with E-state index in [1.807, 2.05) is 0 Å². The maximum atomic E-state index is 5.54. The first kappa shape index (κ1) is 19.0. The van der Waals surface area contributed by atoms with Gasteiger partial charge < -0.3 is 14.4 Å². The molecule has 1 heterocycles. The van der Waals surface area contributed by atoms with Gasteiger partial charge in [0.25, 0.3) is 0 Å². The summed E-state index contributed by atoms with van der Waals surface area (Å²) in [6, 6.07) is 26.3. The monoisotopic (exact) mass is 397 g/mol. The van der Waals surface area contributed by atoms with E-state index in [9.17, 15) is 0 Å². The summed E-state index contributed by atoms with van der Waals surface area (Å²) < 4.78 is 10.9. The van der Waals surface area contributed by atoms with E-state index in [1.165, 1.54) is 27.9 Å². The number of anilines is 1. The molecular weight excluding hydrogens is 370 g/mol. The lowest BCUT2D eigenvalue weighted by Crippen LogP contribution is -2.36. The van der Waals surface area contributed by atoms with Crippen molar-refractivity contribution < 1.29 is 9.47 Å².